The van der Waals surface area contributed by atoms with Gasteiger partial charge in [0.25, 0.3) is 0 Å². The van der Waals surface area contributed by atoms with Crippen molar-refractivity contribution in [3.05, 3.63) is 28.2 Å². The maximum Gasteiger partial charge on any atom is 0.178 e. The molecule has 1 aromatic carbocycles. The predicted molar refractivity (Wildman–Crippen MR) is 86.9 cm³/mol. The summed E-state index contributed by atoms with van der Waals surface area (Å²) in [7, 11) is -3.40. The van der Waals surface area contributed by atoms with Gasteiger partial charge in [0.2, 0.25) is 0 Å². The average Bonchev–Trinajstić information content (AvgIpc) is 2.47. The standard InChI is InChI=1S/C15H19BrN2O3S/c1-11(19)18-6-4-12(5-7-18)10-22(20,21)14-2-3-15(16)13(8-14)9-17/h2-3,8,11-12,19H,4-7,10H2,1H3. The first-order chi connectivity index (χ1) is 10.3. The van der Waals surface area contributed by atoms with Crippen LogP contribution in [0.1, 0.15) is 25.3 Å². The van der Waals surface area contributed by atoms with Gasteiger partial charge in [-0.2, -0.15) is 5.26 Å². The molecular formula is C15H19BrN2O3S. The van der Waals surface area contributed by atoms with Gasteiger partial charge >= 0.3 is 0 Å². The summed E-state index contributed by atoms with van der Waals surface area (Å²) in [6.45, 7) is 3.14. The van der Waals surface area contributed by atoms with Gasteiger partial charge in [-0.3, -0.25) is 4.90 Å². The minimum Gasteiger partial charge on any atom is -0.379 e. The van der Waals surface area contributed by atoms with E-state index in [1.165, 1.54) is 12.1 Å². The van der Waals surface area contributed by atoms with Crippen LogP contribution in [-0.4, -0.2) is 43.5 Å². The molecule has 120 valence electrons. The van der Waals surface area contributed by atoms with Gasteiger partial charge < -0.3 is 5.11 Å². The molecule has 1 fully saturated rings. The monoisotopic (exact) mass is 386 g/mol. The minimum atomic E-state index is -3.40. The normalized spacial score (nSPS) is 18.8. The second-order valence-corrected chi connectivity index (χ2v) is 8.53. The molecule has 1 atom stereocenters. The Morgan fingerprint density at radius 1 is 1.45 bits per heavy atom. The number of piperidine rings is 1. The Kier molecular flexibility index (Phi) is 5.61. The molecule has 0 spiro atoms. The van der Waals surface area contributed by atoms with Crippen LogP contribution in [0.2, 0.25) is 0 Å². The highest BCUT2D eigenvalue weighted by atomic mass is 79.9. The molecule has 0 bridgehead atoms. The molecule has 5 nitrogen and oxygen atoms in total. The number of likely N-dealkylation sites (tertiary alicyclic amines) is 1. The third-order valence-corrected chi connectivity index (χ3v) is 6.62. The summed E-state index contributed by atoms with van der Waals surface area (Å²) in [6.07, 6.45) is 1.03. The number of sulfone groups is 1. The second kappa shape index (κ2) is 7.09. The lowest BCUT2D eigenvalue weighted by atomic mass is 9.99. The summed E-state index contributed by atoms with van der Waals surface area (Å²) in [5.74, 6) is 0.182. The van der Waals surface area contributed by atoms with E-state index >= 15 is 0 Å². The van der Waals surface area contributed by atoms with Crippen molar-refractivity contribution in [1.82, 2.24) is 4.90 Å². The Balaban J connectivity index is 2.08. The highest BCUT2D eigenvalue weighted by Crippen LogP contribution is 2.25. The molecule has 1 saturated heterocycles. The number of hydrogen-bond acceptors (Lipinski definition) is 5. The molecule has 1 heterocycles. The van der Waals surface area contributed by atoms with Crippen LogP contribution in [0.15, 0.2) is 27.6 Å². The van der Waals surface area contributed by atoms with Crippen LogP contribution in [0, 0.1) is 17.2 Å². The number of benzene rings is 1. The third kappa shape index (κ3) is 4.07. The van der Waals surface area contributed by atoms with E-state index in [-0.39, 0.29) is 16.6 Å². The van der Waals surface area contributed by atoms with Gasteiger partial charge in [0.05, 0.1) is 16.2 Å². The van der Waals surface area contributed by atoms with Crippen molar-refractivity contribution in [1.29, 1.82) is 5.26 Å². The van der Waals surface area contributed by atoms with Crippen LogP contribution in [-0.2, 0) is 9.84 Å². The maximum atomic E-state index is 12.5. The minimum absolute atomic E-state index is 0.0904. The summed E-state index contributed by atoms with van der Waals surface area (Å²) in [4.78, 5) is 2.14. The smallest absolute Gasteiger partial charge is 0.178 e. The molecule has 1 unspecified atom stereocenters. The summed E-state index contributed by atoms with van der Waals surface area (Å²) in [5.41, 5.74) is 0.324. The fraction of sp³-hybridized carbons (Fsp3) is 0.533. The van der Waals surface area contributed by atoms with E-state index in [4.69, 9.17) is 5.26 Å². The van der Waals surface area contributed by atoms with Crippen molar-refractivity contribution in [3.63, 3.8) is 0 Å². The lowest BCUT2D eigenvalue weighted by molar-refractivity contribution is -0.00126. The quantitative estimate of drug-likeness (QED) is 0.856. The van der Waals surface area contributed by atoms with Crippen LogP contribution in [0.3, 0.4) is 0 Å². The fourth-order valence-electron chi connectivity index (χ4n) is 2.68. The number of nitrogens with zero attached hydrogens (tertiary/aromatic N) is 2. The topological polar surface area (TPSA) is 81.4 Å². The molecule has 0 aliphatic carbocycles. The second-order valence-electron chi connectivity index (χ2n) is 5.65. The molecule has 0 radical (unpaired) electrons. The summed E-state index contributed by atoms with van der Waals surface area (Å²) in [5, 5.41) is 18.5. The molecule has 1 aromatic rings. The maximum absolute atomic E-state index is 12.5. The van der Waals surface area contributed by atoms with Crippen molar-refractivity contribution >= 4 is 25.8 Å². The number of hydrogen-bond donors (Lipinski definition) is 1. The van der Waals surface area contributed by atoms with Gasteiger partial charge in [0.15, 0.2) is 9.84 Å². The van der Waals surface area contributed by atoms with Gasteiger partial charge in [-0.25, -0.2) is 8.42 Å². The molecule has 2 rings (SSSR count). The highest BCUT2D eigenvalue weighted by Gasteiger charge is 2.27. The molecule has 1 aliphatic heterocycles. The fourth-order valence-corrected chi connectivity index (χ4v) is 4.74. The summed E-state index contributed by atoms with van der Waals surface area (Å²) >= 11 is 3.23. The van der Waals surface area contributed by atoms with Crippen molar-refractivity contribution in [2.75, 3.05) is 18.8 Å². The molecule has 0 aromatic heterocycles. The van der Waals surface area contributed by atoms with E-state index in [9.17, 15) is 13.5 Å². The van der Waals surface area contributed by atoms with Gasteiger partial charge in [-0.15, -0.1) is 0 Å². The average molecular weight is 387 g/mol. The number of rotatable bonds is 4. The van der Waals surface area contributed by atoms with Crippen molar-refractivity contribution in [2.45, 2.75) is 30.9 Å². The largest absolute Gasteiger partial charge is 0.379 e. The lowest BCUT2D eigenvalue weighted by Crippen LogP contribution is -2.41. The van der Waals surface area contributed by atoms with Crippen molar-refractivity contribution in [3.8, 4) is 6.07 Å². The summed E-state index contributed by atoms with van der Waals surface area (Å²) < 4.78 is 25.6. The van der Waals surface area contributed by atoms with E-state index in [1.807, 2.05) is 11.0 Å². The van der Waals surface area contributed by atoms with Gasteiger partial charge in [0, 0.05) is 17.6 Å². The Labute approximate surface area is 139 Å². The van der Waals surface area contributed by atoms with E-state index in [2.05, 4.69) is 15.9 Å². The van der Waals surface area contributed by atoms with Crippen LogP contribution < -0.4 is 0 Å². The zero-order chi connectivity index (χ0) is 16.3. The molecule has 0 amide bonds. The van der Waals surface area contributed by atoms with E-state index in [0.29, 0.717) is 23.1 Å². The Morgan fingerprint density at radius 3 is 2.64 bits per heavy atom. The predicted octanol–water partition coefficient (Wildman–Crippen LogP) is 2.14. The third-order valence-electron chi connectivity index (χ3n) is 4.05. The van der Waals surface area contributed by atoms with Crippen molar-refractivity contribution < 1.29 is 13.5 Å². The number of halogens is 1. The van der Waals surface area contributed by atoms with Gasteiger partial charge in [-0.1, -0.05) is 0 Å². The van der Waals surface area contributed by atoms with E-state index in [1.54, 1.807) is 13.0 Å². The van der Waals surface area contributed by atoms with Gasteiger partial charge in [0.1, 0.15) is 12.3 Å². The molecule has 1 N–H and O–H groups in total. The Bertz CT molecular complexity index is 675. The van der Waals surface area contributed by atoms with Crippen LogP contribution in [0.4, 0.5) is 0 Å². The highest BCUT2D eigenvalue weighted by molar-refractivity contribution is 9.10. The molecule has 0 saturated carbocycles. The first kappa shape index (κ1) is 17.4. The van der Waals surface area contributed by atoms with Gasteiger partial charge in [-0.05, 0) is 59.8 Å². The zero-order valence-electron chi connectivity index (χ0n) is 12.4. The van der Waals surface area contributed by atoms with Crippen molar-refractivity contribution in [2.24, 2.45) is 5.92 Å². The first-order valence-electron chi connectivity index (χ1n) is 7.18. The molecule has 22 heavy (non-hydrogen) atoms. The SMILES string of the molecule is CC(O)N1CCC(CS(=O)(=O)c2ccc(Br)c(C#N)c2)CC1. The number of aliphatic hydroxyl groups is 1. The zero-order valence-corrected chi connectivity index (χ0v) is 14.8. The van der Waals surface area contributed by atoms with Crippen LogP contribution in [0.5, 0.6) is 0 Å². The Hall–Kier alpha value is -0.940. The summed E-state index contributed by atoms with van der Waals surface area (Å²) in [6, 6.07) is 6.54. The number of nitriles is 1. The van der Waals surface area contributed by atoms with E-state index < -0.39 is 16.1 Å². The molecule has 7 heteroatoms. The molecule has 1 aliphatic rings. The molecular weight excluding hydrogens is 368 g/mol. The Morgan fingerprint density at radius 2 is 2.09 bits per heavy atom. The lowest BCUT2D eigenvalue weighted by Gasteiger charge is -2.33. The van der Waals surface area contributed by atoms with E-state index in [0.717, 1.165) is 12.8 Å². The van der Waals surface area contributed by atoms with Crippen LogP contribution in [0.25, 0.3) is 0 Å². The number of aliphatic hydroxyl groups excluding tert-OH is 1. The van der Waals surface area contributed by atoms with Crippen LogP contribution >= 0.6 is 15.9 Å². The first-order valence-corrected chi connectivity index (χ1v) is 9.62.